The largest absolute Gasteiger partial charge is 0.379 e. The van der Waals surface area contributed by atoms with Crippen molar-refractivity contribution < 1.29 is 17.5 Å². The molecule has 0 aromatic heterocycles. The summed E-state index contributed by atoms with van der Waals surface area (Å²) in [7, 11) is -2.29. The zero-order chi connectivity index (χ0) is 15.7. The average molecular weight is 381 g/mol. The van der Waals surface area contributed by atoms with Gasteiger partial charge in [-0.25, -0.2) is 17.5 Å². The highest BCUT2D eigenvalue weighted by atomic mass is 79.9. The third-order valence-electron chi connectivity index (χ3n) is 3.34. The number of ether oxygens (including phenoxy) is 1. The highest BCUT2D eigenvalue weighted by Crippen LogP contribution is 2.27. The SMILES string of the molecule is CNCc1cc(Br)cc(S(=O)(=O)NC2(C)CCOC2)c1F. The summed E-state index contributed by atoms with van der Waals surface area (Å²) in [4.78, 5) is -0.352. The maximum absolute atomic E-state index is 14.4. The molecule has 0 bridgehead atoms. The van der Waals surface area contributed by atoms with Crippen LogP contribution < -0.4 is 10.0 Å². The second-order valence-corrected chi connectivity index (χ2v) is 7.94. The van der Waals surface area contributed by atoms with Gasteiger partial charge < -0.3 is 10.1 Å². The van der Waals surface area contributed by atoms with Crippen LogP contribution in [0.25, 0.3) is 0 Å². The normalized spacial score (nSPS) is 22.7. The minimum atomic E-state index is -3.96. The third kappa shape index (κ3) is 3.81. The lowest BCUT2D eigenvalue weighted by molar-refractivity contribution is 0.178. The van der Waals surface area contributed by atoms with Crippen molar-refractivity contribution in [3.63, 3.8) is 0 Å². The molecule has 0 radical (unpaired) electrons. The number of rotatable bonds is 5. The van der Waals surface area contributed by atoms with E-state index in [9.17, 15) is 12.8 Å². The topological polar surface area (TPSA) is 67.4 Å². The van der Waals surface area contributed by atoms with E-state index in [-0.39, 0.29) is 18.0 Å². The van der Waals surface area contributed by atoms with E-state index >= 15 is 0 Å². The van der Waals surface area contributed by atoms with Crippen LogP contribution in [0.15, 0.2) is 21.5 Å². The molecule has 5 nitrogen and oxygen atoms in total. The van der Waals surface area contributed by atoms with Crippen LogP contribution in [0, 0.1) is 5.82 Å². The molecule has 1 aromatic carbocycles. The Hall–Kier alpha value is -0.540. The number of halogens is 2. The van der Waals surface area contributed by atoms with Crippen LogP contribution in [0.3, 0.4) is 0 Å². The monoisotopic (exact) mass is 380 g/mol. The first-order chi connectivity index (χ1) is 9.77. The van der Waals surface area contributed by atoms with Crippen LogP contribution >= 0.6 is 15.9 Å². The quantitative estimate of drug-likeness (QED) is 0.816. The Labute approximate surface area is 132 Å². The Morgan fingerprint density at radius 1 is 1.48 bits per heavy atom. The van der Waals surface area contributed by atoms with E-state index in [1.807, 2.05) is 0 Å². The fraction of sp³-hybridized carbons (Fsp3) is 0.538. The first-order valence-electron chi connectivity index (χ1n) is 6.52. The predicted octanol–water partition coefficient (Wildman–Crippen LogP) is 1.76. The molecule has 1 aliphatic heterocycles. The van der Waals surface area contributed by atoms with Crippen LogP contribution in [0.4, 0.5) is 4.39 Å². The van der Waals surface area contributed by atoms with Gasteiger partial charge in [-0.3, -0.25) is 0 Å². The second kappa shape index (κ2) is 6.29. The molecule has 1 aliphatic rings. The minimum Gasteiger partial charge on any atom is -0.379 e. The molecule has 2 rings (SSSR count). The van der Waals surface area contributed by atoms with Crippen LogP contribution in [-0.2, 0) is 21.3 Å². The number of benzene rings is 1. The zero-order valence-electron chi connectivity index (χ0n) is 11.9. The number of sulfonamides is 1. The Morgan fingerprint density at radius 3 is 2.76 bits per heavy atom. The lowest BCUT2D eigenvalue weighted by Gasteiger charge is -2.23. The summed E-state index contributed by atoms with van der Waals surface area (Å²) in [6, 6.07) is 2.83. The summed E-state index contributed by atoms with van der Waals surface area (Å²) in [5, 5.41) is 2.82. The molecule has 1 fully saturated rings. The smallest absolute Gasteiger partial charge is 0.244 e. The lowest BCUT2D eigenvalue weighted by atomic mass is 10.0. The van der Waals surface area contributed by atoms with Crippen molar-refractivity contribution in [3.05, 3.63) is 28.0 Å². The van der Waals surface area contributed by atoms with E-state index in [4.69, 9.17) is 4.74 Å². The number of hydrogen-bond donors (Lipinski definition) is 2. The van der Waals surface area contributed by atoms with Gasteiger partial charge in [-0.15, -0.1) is 0 Å². The van der Waals surface area contributed by atoms with Crippen molar-refractivity contribution in [1.29, 1.82) is 0 Å². The molecule has 1 heterocycles. The third-order valence-corrected chi connectivity index (χ3v) is 5.43. The Kier molecular flexibility index (Phi) is 5.04. The zero-order valence-corrected chi connectivity index (χ0v) is 14.3. The van der Waals surface area contributed by atoms with Gasteiger partial charge in [-0.05, 0) is 32.5 Å². The molecule has 118 valence electrons. The Morgan fingerprint density at radius 2 is 2.19 bits per heavy atom. The van der Waals surface area contributed by atoms with Crippen molar-refractivity contribution in [2.75, 3.05) is 20.3 Å². The Bertz CT molecular complexity index is 631. The van der Waals surface area contributed by atoms with E-state index in [2.05, 4.69) is 26.0 Å². The van der Waals surface area contributed by atoms with Gasteiger partial charge in [0.25, 0.3) is 0 Å². The standard InChI is InChI=1S/C13H18BrFN2O3S/c1-13(3-4-20-8-13)17-21(18,19)11-6-10(14)5-9(7-16-2)12(11)15/h5-6,16-17H,3-4,7-8H2,1-2H3. The molecule has 0 aliphatic carbocycles. The van der Waals surface area contributed by atoms with E-state index in [0.29, 0.717) is 23.1 Å². The van der Waals surface area contributed by atoms with E-state index < -0.39 is 21.4 Å². The van der Waals surface area contributed by atoms with Crippen LogP contribution in [0.2, 0.25) is 0 Å². The fourth-order valence-electron chi connectivity index (χ4n) is 2.26. The molecule has 0 amide bonds. The average Bonchev–Trinajstić information content (AvgIpc) is 2.79. The maximum Gasteiger partial charge on any atom is 0.244 e. The summed E-state index contributed by atoms with van der Waals surface area (Å²) in [6.45, 7) is 2.77. The highest BCUT2D eigenvalue weighted by molar-refractivity contribution is 9.10. The number of hydrogen-bond acceptors (Lipinski definition) is 4. The summed E-state index contributed by atoms with van der Waals surface area (Å²) in [5.41, 5.74) is -0.406. The van der Waals surface area contributed by atoms with Gasteiger partial charge in [0.15, 0.2) is 0 Å². The lowest BCUT2D eigenvalue weighted by Crippen LogP contribution is -2.46. The molecule has 1 saturated heterocycles. The van der Waals surface area contributed by atoms with Crippen molar-refractivity contribution in [2.24, 2.45) is 0 Å². The molecule has 1 unspecified atom stereocenters. The van der Waals surface area contributed by atoms with Gasteiger partial charge in [-0.2, -0.15) is 0 Å². The van der Waals surface area contributed by atoms with Gasteiger partial charge in [0.2, 0.25) is 10.0 Å². The molecule has 2 N–H and O–H groups in total. The predicted molar refractivity (Wildman–Crippen MR) is 81.0 cm³/mol. The van der Waals surface area contributed by atoms with Crippen LogP contribution in [0.1, 0.15) is 18.9 Å². The summed E-state index contributed by atoms with van der Waals surface area (Å²) in [5.74, 6) is -0.734. The van der Waals surface area contributed by atoms with Gasteiger partial charge in [0, 0.05) is 23.2 Å². The van der Waals surface area contributed by atoms with Gasteiger partial charge >= 0.3 is 0 Å². The van der Waals surface area contributed by atoms with Crippen LogP contribution in [0.5, 0.6) is 0 Å². The Balaban J connectivity index is 2.39. The first kappa shape index (κ1) is 16.8. The van der Waals surface area contributed by atoms with E-state index in [0.717, 1.165) is 0 Å². The van der Waals surface area contributed by atoms with Crippen molar-refractivity contribution in [1.82, 2.24) is 10.0 Å². The van der Waals surface area contributed by atoms with Crippen molar-refractivity contribution in [3.8, 4) is 0 Å². The number of nitrogens with one attached hydrogen (secondary N) is 2. The molecule has 1 atom stereocenters. The summed E-state index contributed by atoms with van der Waals surface area (Å²) >= 11 is 3.22. The van der Waals surface area contributed by atoms with Crippen molar-refractivity contribution >= 4 is 26.0 Å². The van der Waals surface area contributed by atoms with Gasteiger partial charge in [-0.1, -0.05) is 15.9 Å². The molecule has 1 aromatic rings. The van der Waals surface area contributed by atoms with E-state index in [1.54, 1.807) is 20.0 Å². The van der Waals surface area contributed by atoms with Crippen molar-refractivity contribution in [2.45, 2.75) is 30.3 Å². The maximum atomic E-state index is 14.4. The summed E-state index contributed by atoms with van der Waals surface area (Å²) < 4.78 is 47.7. The molecule has 0 saturated carbocycles. The van der Waals surface area contributed by atoms with Gasteiger partial charge in [0.05, 0.1) is 12.1 Å². The van der Waals surface area contributed by atoms with Gasteiger partial charge in [0.1, 0.15) is 10.7 Å². The molecular formula is C13H18BrFN2O3S. The highest BCUT2D eigenvalue weighted by Gasteiger charge is 2.36. The fourth-order valence-corrected chi connectivity index (χ4v) is 4.49. The second-order valence-electron chi connectivity index (χ2n) is 5.38. The summed E-state index contributed by atoms with van der Waals surface area (Å²) in [6.07, 6.45) is 0.561. The molecule has 8 heteroatoms. The molecule has 0 spiro atoms. The van der Waals surface area contributed by atoms with E-state index in [1.165, 1.54) is 6.07 Å². The molecular weight excluding hydrogens is 363 g/mol. The minimum absolute atomic E-state index is 0.244. The first-order valence-corrected chi connectivity index (χ1v) is 8.79. The molecule has 21 heavy (non-hydrogen) atoms. The van der Waals surface area contributed by atoms with Crippen LogP contribution in [-0.4, -0.2) is 34.2 Å².